The first-order valence-electron chi connectivity index (χ1n) is 9.23. The van der Waals surface area contributed by atoms with Gasteiger partial charge in [-0.2, -0.15) is 0 Å². The van der Waals surface area contributed by atoms with Crippen molar-refractivity contribution in [1.29, 1.82) is 0 Å². The molecule has 0 radical (unpaired) electrons. The molecule has 1 atom stereocenters. The van der Waals surface area contributed by atoms with Gasteiger partial charge in [0.2, 0.25) is 0 Å². The Labute approximate surface area is 156 Å². The molecule has 1 amide bonds. The third-order valence-corrected chi connectivity index (χ3v) is 4.53. The van der Waals surface area contributed by atoms with Crippen LogP contribution in [0.2, 0.25) is 0 Å². The molecular weight excluding hydrogens is 324 g/mol. The summed E-state index contributed by atoms with van der Waals surface area (Å²) in [6.07, 6.45) is -0.231. The summed E-state index contributed by atoms with van der Waals surface area (Å²) in [4.78, 5) is 17.0. The Bertz CT molecular complexity index is 710. The molecule has 1 unspecified atom stereocenters. The van der Waals surface area contributed by atoms with Gasteiger partial charge in [0, 0.05) is 26.2 Å². The maximum atomic E-state index is 12.7. The van der Waals surface area contributed by atoms with E-state index < -0.39 is 5.60 Å². The number of hydrogen-bond acceptors (Lipinski definition) is 3. The van der Waals surface area contributed by atoms with E-state index in [0.29, 0.717) is 6.54 Å². The molecule has 1 heterocycles. The van der Waals surface area contributed by atoms with E-state index in [1.165, 1.54) is 5.56 Å². The molecule has 0 spiro atoms. The molecule has 0 saturated carbocycles. The van der Waals surface area contributed by atoms with E-state index in [1.54, 1.807) is 0 Å². The lowest BCUT2D eigenvalue weighted by Crippen LogP contribution is -2.51. The van der Waals surface area contributed by atoms with Crippen LogP contribution in [0.25, 0.3) is 0 Å². The largest absolute Gasteiger partial charge is 0.444 e. The Morgan fingerprint density at radius 1 is 1.00 bits per heavy atom. The van der Waals surface area contributed by atoms with Crippen LogP contribution in [0.5, 0.6) is 0 Å². The van der Waals surface area contributed by atoms with Crippen molar-refractivity contribution in [3.8, 4) is 0 Å². The number of nitrogens with zero attached hydrogens (tertiary/aromatic N) is 2. The predicted molar refractivity (Wildman–Crippen MR) is 104 cm³/mol. The highest BCUT2D eigenvalue weighted by atomic mass is 16.6. The molecule has 0 bridgehead atoms. The Hall–Kier alpha value is -2.33. The van der Waals surface area contributed by atoms with E-state index in [9.17, 15) is 4.79 Å². The topological polar surface area (TPSA) is 32.8 Å². The number of benzene rings is 2. The molecule has 3 rings (SSSR count). The zero-order valence-corrected chi connectivity index (χ0v) is 15.9. The first-order valence-corrected chi connectivity index (χ1v) is 9.23. The van der Waals surface area contributed by atoms with Gasteiger partial charge in [0.25, 0.3) is 0 Å². The quantitative estimate of drug-likeness (QED) is 0.816. The third-order valence-electron chi connectivity index (χ3n) is 4.53. The normalized spacial score (nSPS) is 18.6. The predicted octanol–water partition coefficient (Wildman–Crippen LogP) is 4.48. The summed E-state index contributed by atoms with van der Waals surface area (Å²) in [5, 5.41) is 0. The highest BCUT2D eigenvalue weighted by Crippen LogP contribution is 2.28. The number of rotatable bonds is 3. The summed E-state index contributed by atoms with van der Waals surface area (Å²) in [5.41, 5.74) is 1.96. The molecule has 0 N–H and O–H groups in total. The lowest BCUT2D eigenvalue weighted by molar-refractivity contribution is -0.00298. The van der Waals surface area contributed by atoms with Crippen LogP contribution in [-0.4, -0.2) is 41.1 Å². The molecule has 4 heteroatoms. The van der Waals surface area contributed by atoms with Crippen molar-refractivity contribution in [3.05, 3.63) is 71.8 Å². The first-order chi connectivity index (χ1) is 12.4. The van der Waals surface area contributed by atoms with Crippen molar-refractivity contribution in [3.63, 3.8) is 0 Å². The number of carbonyl (C=O) groups excluding carboxylic acids is 1. The van der Waals surface area contributed by atoms with Gasteiger partial charge >= 0.3 is 6.09 Å². The van der Waals surface area contributed by atoms with Crippen LogP contribution in [0.15, 0.2) is 60.7 Å². The molecule has 1 fully saturated rings. The average molecular weight is 352 g/mol. The van der Waals surface area contributed by atoms with Gasteiger partial charge in [-0.3, -0.25) is 9.80 Å². The molecule has 138 valence electrons. The molecule has 2 aromatic carbocycles. The first kappa shape index (κ1) is 18.5. The van der Waals surface area contributed by atoms with E-state index in [2.05, 4.69) is 41.3 Å². The molecular formula is C22H28N2O2. The molecule has 4 nitrogen and oxygen atoms in total. The molecule has 1 aliphatic rings. The summed E-state index contributed by atoms with van der Waals surface area (Å²) >= 11 is 0. The average Bonchev–Trinajstić information content (AvgIpc) is 2.62. The Kier molecular flexibility index (Phi) is 5.62. The van der Waals surface area contributed by atoms with Gasteiger partial charge in [-0.05, 0) is 31.9 Å². The Morgan fingerprint density at radius 3 is 2.23 bits per heavy atom. The van der Waals surface area contributed by atoms with Gasteiger partial charge in [0.05, 0.1) is 6.04 Å². The fourth-order valence-electron chi connectivity index (χ4n) is 3.32. The van der Waals surface area contributed by atoms with Crippen LogP contribution in [0.3, 0.4) is 0 Å². The Balaban J connectivity index is 1.77. The zero-order chi connectivity index (χ0) is 18.6. The molecule has 2 aromatic rings. The van der Waals surface area contributed by atoms with Crippen LogP contribution >= 0.6 is 0 Å². The van der Waals surface area contributed by atoms with Gasteiger partial charge in [0.1, 0.15) is 5.60 Å². The minimum absolute atomic E-state index is 0.00325. The monoisotopic (exact) mass is 352 g/mol. The fraction of sp³-hybridized carbons (Fsp3) is 0.409. The van der Waals surface area contributed by atoms with Crippen molar-refractivity contribution in [2.45, 2.75) is 39.0 Å². The van der Waals surface area contributed by atoms with E-state index in [-0.39, 0.29) is 12.1 Å². The molecule has 1 saturated heterocycles. The number of piperazine rings is 1. The second-order valence-corrected chi connectivity index (χ2v) is 7.82. The number of ether oxygens (including phenoxy) is 1. The van der Waals surface area contributed by atoms with Crippen LogP contribution in [0, 0.1) is 0 Å². The van der Waals surface area contributed by atoms with Crippen LogP contribution < -0.4 is 0 Å². The summed E-state index contributed by atoms with van der Waals surface area (Å²) in [5.74, 6) is 0. The molecule has 0 aromatic heterocycles. The lowest BCUT2D eigenvalue weighted by Gasteiger charge is -2.42. The summed E-state index contributed by atoms with van der Waals surface area (Å²) < 4.78 is 5.65. The highest BCUT2D eigenvalue weighted by Gasteiger charge is 2.34. The van der Waals surface area contributed by atoms with E-state index >= 15 is 0 Å². The minimum Gasteiger partial charge on any atom is -0.444 e. The molecule has 1 aliphatic heterocycles. The van der Waals surface area contributed by atoms with E-state index in [4.69, 9.17) is 4.74 Å². The second kappa shape index (κ2) is 7.92. The van der Waals surface area contributed by atoms with Crippen molar-refractivity contribution in [2.75, 3.05) is 19.6 Å². The van der Waals surface area contributed by atoms with E-state index in [0.717, 1.165) is 25.2 Å². The van der Waals surface area contributed by atoms with Crippen molar-refractivity contribution in [2.24, 2.45) is 0 Å². The third kappa shape index (κ3) is 4.85. The Morgan fingerprint density at radius 2 is 1.62 bits per heavy atom. The van der Waals surface area contributed by atoms with Gasteiger partial charge in [-0.25, -0.2) is 4.79 Å². The maximum absolute atomic E-state index is 12.7. The van der Waals surface area contributed by atoms with Crippen molar-refractivity contribution in [1.82, 2.24) is 9.80 Å². The van der Waals surface area contributed by atoms with Gasteiger partial charge in [-0.15, -0.1) is 0 Å². The molecule has 26 heavy (non-hydrogen) atoms. The SMILES string of the molecule is CC(C)(C)OC(=O)N1CCN(Cc2ccccc2)CC1c1ccccc1. The van der Waals surface area contributed by atoms with Gasteiger partial charge in [-0.1, -0.05) is 60.7 Å². The number of carbonyl (C=O) groups is 1. The van der Waals surface area contributed by atoms with Gasteiger partial charge < -0.3 is 4.74 Å². The van der Waals surface area contributed by atoms with Crippen molar-refractivity contribution < 1.29 is 9.53 Å². The van der Waals surface area contributed by atoms with E-state index in [1.807, 2.05) is 49.9 Å². The van der Waals surface area contributed by atoms with Crippen LogP contribution in [-0.2, 0) is 11.3 Å². The summed E-state index contributed by atoms with van der Waals surface area (Å²) in [6.45, 7) is 8.94. The number of amides is 1. The molecule has 0 aliphatic carbocycles. The summed E-state index contributed by atoms with van der Waals surface area (Å²) in [6, 6.07) is 20.7. The maximum Gasteiger partial charge on any atom is 0.410 e. The highest BCUT2D eigenvalue weighted by molar-refractivity contribution is 5.69. The van der Waals surface area contributed by atoms with Gasteiger partial charge in [0.15, 0.2) is 0 Å². The van der Waals surface area contributed by atoms with Crippen LogP contribution in [0.1, 0.15) is 37.9 Å². The van der Waals surface area contributed by atoms with Crippen molar-refractivity contribution >= 4 is 6.09 Å². The smallest absolute Gasteiger partial charge is 0.410 e. The fourth-order valence-corrected chi connectivity index (χ4v) is 3.32. The standard InChI is InChI=1S/C22H28N2O2/c1-22(2,3)26-21(25)24-15-14-23(16-18-10-6-4-7-11-18)17-20(24)19-12-8-5-9-13-19/h4-13,20H,14-17H2,1-3H3. The number of hydrogen-bond donors (Lipinski definition) is 0. The zero-order valence-electron chi connectivity index (χ0n) is 15.9. The summed E-state index contributed by atoms with van der Waals surface area (Å²) in [7, 11) is 0. The van der Waals surface area contributed by atoms with Crippen LogP contribution in [0.4, 0.5) is 4.79 Å². The lowest BCUT2D eigenvalue weighted by atomic mass is 10.0. The second-order valence-electron chi connectivity index (χ2n) is 7.82. The minimum atomic E-state index is -0.487.